The number of nitrogen functional groups attached to an aromatic ring is 1. The number of Topliss-reactive ketones (excluding diaryl/α,β-unsaturated/α-hetero) is 1. The van der Waals surface area contributed by atoms with E-state index in [1.807, 2.05) is 19.0 Å². The molecule has 0 radical (unpaired) electrons. The summed E-state index contributed by atoms with van der Waals surface area (Å²) in [4.78, 5) is 14.6. The Bertz CT molecular complexity index is 879. The molecule has 0 atom stereocenters. The minimum Gasteiger partial charge on any atom is -0.493 e. The number of halogens is 1. The number of allylic oxidation sites excluding steroid dienone is 1. The van der Waals surface area contributed by atoms with E-state index >= 15 is 0 Å². The maximum atomic E-state index is 12.8. The Morgan fingerprint density at radius 2 is 1.70 bits per heavy atom. The Morgan fingerprint density at radius 3 is 2.26 bits per heavy atom. The second kappa shape index (κ2) is 8.68. The Balaban J connectivity index is 2.46. The van der Waals surface area contributed by atoms with Crippen molar-refractivity contribution in [1.29, 1.82) is 0 Å². The van der Waals surface area contributed by atoms with Crippen LogP contribution in [-0.4, -0.2) is 41.2 Å². The van der Waals surface area contributed by atoms with Gasteiger partial charge in [0.25, 0.3) is 0 Å². The van der Waals surface area contributed by atoms with Crippen LogP contribution in [0.15, 0.2) is 35.4 Å². The number of nitrogens with two attached hydrogens (primary N) is 1. The first kappa shape index (κ1) is 20.5. The van der Waals surface area contributed by atoms with Gasteiger partial charge < -0.3 is 24.8 Å². The van der Waals surface area contributed by atoms with E-state index in [9.17, 15) is 4.79 Å². The molecular weight excluding hydrogens is 368 g/mol. The van der Waals surface area contributed by atoms with E-state index in [-0.39, 0.29) is 10.8 Å². The van der Waals surface area contributed by atoms with Crippen molar-refractivity contribution >= 4 is 34.8 Å². The zero-order chi connectivity index (χ0) is 20.1. The molecule has 0 aliphatic rings. The number of carbonyl (C=O) groups is 1. The summed E-state index contributed by atoms with van der Waals surface area (Å²) in [7, 11) is 8.26. The number of benzene rings is 2. The molecule has 0 aliphatic heterocycles. The molecule has 0 fully saturated rings. The van der Waals surface area contributed by atoms with Crippen molar-refractivity contribution in [2.45, 2.75) is 0 Å². The van der Waals surface area contributed by atoms with E-state index in [1.165, 1.54) is 27.4 Å². The van der Waals surface area contributed by atoms with Crippen LogP contribution in [0.3, 0.4) is 0 Å². The Hall–Kier alpha value is -2.86. The number of hydrogen-bond acceptors (Lipinski definition) is 6. The molecule has 0 spiro atoms. The van der Waals surface area contributed by atoms with Crippen molar-refractivity contribution in [3.8, 4) is 17.2 Å². The largest absolute Gasteiger partial charge is 0.493 e. The second-order valence-electron chi connectivity index (χ2n) is 5.91. The number of rotatable bonds is 7. The summed E-state index contributed by atoms with van der Waals surface area (Å²) in [5, 5.41) is 0.0370. The SMILES string of the molecule is COc1ccc(C=C(Cl)C(=O)c2ccc(N)c(N(C)C)c2)c(OC)c1OC. The molecule has 0 aromatic heterocycles. The molecule has 0 heterocycles. The highest BCUT2D eigenvalue weighted by atomic mass is 35.5. The monoisotopic (exact) mass is 390 g/mol. The maximum absolute atomic E-state index is 12.8. The zero-order valence-corrected chi connectivity index (χ0v) is 16.8. The second-order valence-corrected chi connectivity index (χ2v) is 6.32. The quantitative estimate of drug-likeness (QED) is 0.440. The Morgan fingerprint density at radius 1 is 1.04 bits per heavy atom. The van der Waals surface area contributed by atoms with E-state index in [0.717, 1.165) is 5.69 Å². The summed E-state index contributed by atoms with van der Waals surface area (Å²) in [5.41, 5.74) is 8.30. The molecule has 7 heteroatoms. The fourth-order valence-corrected chi connectivity index (χ4v) is 2.88. The van der Waals surface area contributed by atoms with Crippen molar-refractivity contribution in [1.82, 2.24) is 0 Å². The van der Waals surface area contributed by atoms with E-state index in [0.29, 0.717) is 34.1 Å². The molecule has 2 aromatic carbocycles. The van der Waals surface area contributed by atoms with Crippen LogP contribution in [0.25, 0.3) is 6.08 Å². The van der Waals surface area contributed by atoms with Gasteiger partial charge in [0.05, 0.1) is 37.7 Å². The lowest BCUT2D eigenvalue weighted by molar-refractivity contribution is 0.104. The predicted molar refractivity (Wildman–Crippen MR) is 109 cm³/mol. The van der Waals surface area contributed by atoms with Crippen LogP contribution in [0.2, 0.25) is 0 Å². The fourth-order valence-electron chi connectivity index (χ4n) is 2.65. The molecule has 2 rings (SSSR count). The topological polar surface area (TPSA) is 74.0 Å². The molecule has 2 aromatic rings. The van der Waals surface area contributed by atoms with Crippen LogP contribution in [0.5, 0.6) is 17.2 Å². The normalized spacial score (nSPS) is 11.1. The van der Waals surface area contributed by atoms with Crippen LogP contribution in [0.4, 0.5) is 11.4 Å². The molecule has 0 saturated heterocycles. The summed E-state index contributed by atoms with van der Waals surface area (Å²) in [5.74, 6) is 1.04. The molecule has 0 unspecified atom stereocenters. The standard InChI is InChI=1S/C20H23ClN2O4/c1-23(2)16-11-12(6-8-15(16)22)18(24)14(21)10-13-7-9-17(25-3)20(27-5)19(13)26-4/h6-11H,22H2,1-5H3. The molecule has 0 amide bonds. The van der Waals surface area contributed by atoms with Crippen LogP contribution in [0.1, 0.15) is 15.9 Å². The van der Waals surface area contributed by atoms with Crippen LogP contribution in [-0.2, 0) is 0 Å². The van der Waals surface area contributed by atoms with Gasteiger partial charge in [-0.1, -0.05) is 11.6 Å². The molecule has 2 N–H and O–H groups in total. The minimum atomic E-state index is -0.323. The lowest BCUT2D eigenvalue weighted by atomic mass is 10.1. The highest BCUT2D eigenvalue weighted by Crippen LogP contribution is 2.41. The summed E-state index contributed by atoms with van der Waals surface area (Å²) in [6.07, 6.45) is 1.54. The average Bonchev–Trinajstić information content (AvgIpc) is 2.66. The molecule has 0 bridgehead atoms. The molecular formula is C20H23ClN2O4. The maximum Gasteiger partial charge on any atom is 0.204 e. The van der Waals surface area contributed by atoms with Gasteiger partial charge >= 0.3 is 0 Å². The number of anilines is 2. The number of ketones is 1. The lowest BCUT2D eigenvalue weighted by Gasteiger charge is -2.16. The van der Waals surface area contributed by atoms with E-state index in [2.05, 4.69) is 0 Å². The lowest BCUT2D eigenvalue weighted by Crippen LogP contribution is -2.12. The first-order chi connectivity index (χ1) is 12.8. The van der Waals surface area contributed by atoms with E-state index in [1.54, 1.807) is 30.3 Å². The zero-order valence-electron chi connectivity index (χ0n) is 16.0. The minimum absolute atomic E-state index is 0.0370. The van der Waals surface area contributed by atoms with Gasteiger partial charge in [0.2, 0.25) is 11.5 Å². The summed E-state index contributed by atoms with van der Waals surface area (Å²) in [6.45, 7) is 0. The van der Waals surface area contributed by atoms with Gasteiger partial charge in [-0.15, -0.1) is 0 Å². The fraction of sp³-hybridized carbons (Fsp3) is 0.250. The first-order valence-corrected chi connectivity index (χ1v) is 8.49. The van der Waals surface area contributed by atoms with Crippen molar-refractivity contribution in [3.05, 3.63) is 46.5 Å². The van der Waals surface area contributed by atoms with Crippen molar-refractivity contribution in [3.63, 3.8) is 0 Å². The number of ether oxygens (including phenoxy) is 3. The van der Waals surface area contributed by atoms with Crippen LogP contribution in [0, 0.1) is 0 Å². The molecule has 0 aliphatic carbocycles. The van der Waals surface area contributed by atoms with Gasteiger partial charge in [0.15, 0.2) is 11.5 Å². The van der Waals surface area contributed by atoms with Gasteiger partial charge in [-0.2, -0.15) is 0 Å². The number of methoxy groups -OCH3 is 3. The van der Waals surface area contributed by atoms with E-state index < -0.39 is 0 Å². The third kappa shape index (κ3) is 4.28. The van der Waals surface area contributed by atoms with Gasteiger partial charge in [0, 0.05) is 25.2 Å². The molecule has 27 heavy (non-hydrogen) atoms. The van der Waals surface area contributed by atoms with Gasteiger partial charge in [-0.3, -0.25) is 4.79 Å². The molecule has 144 valence electrons. The predicted octanol–water partition coefficient (Wildman–Crippen LogP) is 3.82. The summed E-state index contributed by atoms with van der Waals surface area (Å²) >= 11 is 6.31. The number of carbonyl (C=O) groups excluding carboxylic acids is 1. The summed E-state index contributed by atoms with van der Waals surface area (Å²) < 4.78 is 16.0. The van der Waals surface area contributed by atoms with E-state index in [4.69, 9.17) is 31.5 Å². The highest BCUT2D eigenvalue weighted by molar-refractivity contribution is 6.47. The van der Waals surface area contributed by atoms with Gasteiger partial charge in [0.1, 0.15) is 0 Å². The summed E-state index contributed by atoms with van der Waals surface area (Å²) in [6, 6.07) is 8.50. The third-order valence-electron chi connectivity index (χ3n) is 4.01. The van der Waals surface area contributed by atoms with Crippen LogP contribution < -0.4 is 24.8 Å². The number of hydrogen-bond donors (Lipinski definition) is 1. The number of nitrogens with zero attached hydrogens (tertiary/aromatic N) is 1. The van der Waals surface area contributed by atoms with Crippen molar-refractivity contribution in [2.24, 2.45) is 0 Å². The molecule has 0 saturated carbocycles. The Kier molecular flexibility index (Phi) is 6.58. The first-order valence-electron chi connectivity index (χ1n) is 8.11. The van der Waals surface area contributed by atoms with Crippen molar-refractivity contribution < 1.29 is 19.0 Å². The van der Waals surface area contributed by atoms with Gasteiger partial charge in [-0.25, -0.2) is 0 Å². The highest BCUT2D eigenvalue weighted by Gasteiger charge is 2.18. The Labute approximate surface area is 164 Å². The van der Waals surface area contributed by atoms with Crippen LogP contribution >= 0.6 is 11.6 Å². The molecule has 6 nitrogen and oxygen atoms in total. The van der Waals surface area contributed by atoms with Crippen molar-refractivity contribution in [2.75, 3.05) is 46.1 Å². The smallest absolute Gasteiger partial charge is 0.204 e. The average molecular weight is 391 g/mol. The third-order valence-corrected chi connectivity index (χ3v) is 4.29. The van der Waals surface area contributed by atoms with Gasteiger partial charge in [-0.05, 0) is 36.4 Å².